The Morgan fingerprint density at radius 2 is 2.06 bits per heavy atom. The number of hydrogen-bond acceptors (Lipinski definition) is 3. The van der Waals surface area contributed by atoms with Gasteiger partial charge in [0.2, 0.25) is 0 Å². The van der Waals surface area contributed by atoms with Crippen molar-refractivity contribution in [3.05, 3.63) is 34.9 Å². The summed E-state index contributed by atoms with van der Waals surface area (Å²) in [5, 5.41) is 0.600. The van der Waals surface area contributed by atoms with Crippen LogP contribution >= 0.6 is 23.4 Å². The molecule has 1 aromatic carbocycles. The smallest absolute Gasteiger partial charge is 0.318 e. The topological polar surface area (TPSA) is 26.3 Å². The van der Waals surface area contributed by atoms with Crippen molar-refractivity contribution in [1.29, 1.82) is 0 Å². The van der Waals surface area contributed by atoms with E-state index in [2.05, 4.69) is 0 Å². The lowest BCUT2D eigenvalue weighted by Crippen LogP contribution is -2.16. The molecule has 0 N–H and O–H groups in total. The van der Waals surface area contributed by atoms with Crippen molar-refractivity contribution in [2.75, 3.05) is 6.61 Å². The highest BCUT2D eigenvalue weighted by Crippen LogP contribution is 2.20. The molecule has 0 heterocycles. The molecule has 1 rings (SSSR count). The molecule has 88 valence electrons. The Morgan fingerprint density at radius 3 is 2.62 bits per heavy atom. The molecule has 0 bridgehead atoms. The summed E-state index contributed by atoms with van der Waals surface area (Å²) in [4.78, 5) is 11.4. The number of carbonyl (C=O) groups is 1. The van der Waals surface area contributed by atoms with Gasteiger partial charge in [-0.05, 0) is 31.5 Å². The Labute approximate surface area is 105 Å². The summed E-state index contributed by atoms with van der Waals surface area (Å²) in [6.45, 7) is 4.11. The van der Waals surface area contributed by atoms with Gasteiger partial charge in [0.05, 0.1) is 11.9 Å². The van der Waals surface area contributed by atoms with Gasteiger partial charge in [-0.2, -0.15) is 0 Å². The molecule has 0 aromatic heterocycles. The van der Waals surface area contributed by atoms with Crippen LogP contribution in [0.4, 0.5) is 0 Å². The van der Waals surface area contributed by atoms with Crippen molar-refractivity contribution in [2.45, 2.75) is 24.9 Å². The Bertz CT molecular complexity index is 337. The lowest BCUT2D eigenvalue weighted by Gasteiger charge is -2.09. The minimum absolute atomic E-state index is 0.129. The number of ether oxygens (including phenoxy) is 1. The molecule has 0 radical (unpaired) electrons. The van der Waals surface area contributed by atoms with Gasteiger partial charge in [-0.3, -0.25) is 4.79 Å². The van der Waals surface area contributed by atoms with E-state index in [1.807, 2.05) is 38.1 Å². The van der Waals surface area contributed by atoms with Crippen LogP contribution in [-0.2, 0) is 15.3 Å². The summed E-state index contributed by atoms with van der Waals surface area (Å²) >= 11 is 7.35. The molecule has 0 aliphatic heterocycles. The van der Waals surface area contributed by atoms with E-state index in [1.165, 1.54) is 0 Å². The van der Waals surface area contributed by atoms with E-state index in [0.29, 0.717) is 6.61 Å². The van der Waals surface area contributed by atoms with E-state index in [1.54, 1.807) is 11.8 Å². The SMILES string of the molecule is CCOC(=O)C(C)SCc1ccc(Cl)cc1. The molecule has 1 aromatic rings. The second-order valence-electron chi connectivity index (χ2n) is 3.33. The molecule has 1 atom stereocenters. The molecule has 4 heteroatoms. The van der Waals surface area contributed by atoms with Gasteiger partial charge in [-0.1, -0.05) is 23.7 Å². The highest BCUT2D eigenvalue weighted by Gasteiger charge is 2.13. The second-order valence-corrected chi connectivity index (χ2v) is 5.10. The number of esters is 1. The van der Waals surface area contributed by atoms with Gasteiger partial charge >= 0.3 is 5.97 Å². The molecular weight excluding hydrogens is 244 g/mol. The number of hydrogen-bond donors (Lipinski definition) is 0. The van der Waals surface area contributed by atoms with Crippen LogP contribution < -0.4 is 0 Å². The molecule has 0 saturated heterocycles. The number of halogens is 1. The minimum atomic E-state index is -0.151. The number of benzene rings is 1. The van der Waals surface area contributed by atoms with Crippen LogP contribution in [0.1, 0.15) is 19.4 Å². The third-order valence-corrected chi connectivity index (χ3v) is 3.48. The molecule has 0 spiro atoms. The monoisotopic (exact) mass is 258 g/mol. The summed E-state index contributed by atoms with van der Waals surface area (Å²) in [7, 11) is 0. The van der Waals surface area contributed by atoms with Gasteiger partial charge in [0, 0.05) is 10.8 Å². The van der Waals surface area contributed by atoms with Gasteiger partial charge < -0.3 is 4.74 Å². The Balaban J connectivity index is 2.39. The first-order chi connectivity index (χ1) is 7.63. The normalized spacial score (nSPS) is 12.2. The molecular formula is C12H15ClO2S. The molecule has 0 aliphatic rings. The van der Waals surface area contributed by atoms with E-state index >= 15 is 0 Å². The van der Waals surface area contributed by atoms with Crippen molar-refractivity contribution < 1.29 is 9.53 Å². The molecule has 0 fully saturated rings. The third kappa shape index (κ3) is 4.45. The average molecular weight is 259 g/mol. The van der Waals surface area contributed by atoms with Gasteiger partial charge in [-0.25, -0.2) is 0 Å². The second kappa shape index (κ2) is 6.81. The van der Waals surface area contributed by atoms with Crippen LogP contribution in [0.3, 0.4) is 0 Å². The van der Waals surface area contributed by atoms with Crippen molar-refractivity contribution in [3.8, 4) is 0 Å². The summed E-state index contributed by atoms with van der Waals surface area (Å²) in [5.74, 6) is 0.637. The highest BCUT2D eigenvalue weighted by atomic mass is 35.5. The predicted octanol–water partition coefficient (Wildman–Crippen LogP) is 3.52. The first-order valence-corrected chi connectivity index (χ1v) is 6.59. The zero-order valence-electron chi connectivity index (χ0n) is 9.40. The van der Waals surface area contributed by atoms with E-state index in [0.717, 1.165) is 16.3 Å². The summed E-state index contributed by atoms with van der Waals surface area (Å²) in [5.41, 5.74) is 1.16. The Kier molecular flexibility index (Phi) is 5.71. The summed E-state index contributed by atoms with van der Waals surface area (Å²) in [6.07, 6.45) is 0. The average Bonchev–Trinajstić information content (AvgIpc) is 2.28. The van der Waals surface area contributed by atoms with Crippen LogP contribution in [0, 0.1) is 0 Å². The fourth-order valence-electron chi connectivity index (χ4n) is 1.13. The molecule has 0 saturated carbocycles. The molecule has 0 amide bonds. The van der Waals surface area contributed by atoms with Crippen LogP contribution in [0.25, 0.3) is 0 Å². The molecule has 16 heavy (non-hydrogen) atoms. The molecule has 2 nitrogen and oxygen atoms in total. The number of carbonyl (C=O) groups excluding carboxylic acids is 1. The van der Waals surface area contributed by atoms with E-state index in [4.69, 9.17) is 16.3 Å². The van der Waals surface area contributed by atoms with Gasteiger partial charge in [0.15, 0.2) is 0 Å². The van der Waals surface area contributed by atoms with Crippen molar-refractivity contribution in [1.82, 2.24) is 0 Å². The highest BCUT2D eigenvalue weighted by molar-refractivity contribution is 7.99. The van der Waals surface area contributed by atoms with Crippen LogP contribution in [-0.4, -0.2) is 17.8 Å². The van der Waals surface area contributed by atoms with Gasteiger partial charge in [0.1, 0.15) is 0 Å². The minimum Gasteiger partial charge on any atom is -0.465 e. The first-order valence-electron chi connectivity index (χ1n) is 5.16. The van der Waals surface area contributed by atoms with E-state index in [-0.39, 0.29) is 11.2 Å². The maximum atomic E-state index is 11.4. The van der Waals surface area contributed by atoms with Gasteiger partial charge in [-0.15, -0.1) is 11.8 Å². The maximum Gasteiger partial charge on any atom is 0.318 e. The van der Waals surface area contributed by atoms with Crippen LogP contribution in [0.15, 0.2) is 24.3 Å². The number of rotatable bonds is 5. The van der Waals surface area contributed by atoms with Crippen molar-refractivity contribution in [3.63, 3.8) is 0 Å². The van der Waals surface area contributed by atoms with Gasteiger partial charge in [0.25, 0.3) is 0 Å². The van der Waals surface area contributed by atoms with Crippen molar-refractivity contribution >= 4 is 29.3 Å². The standard InChI is InChI=1S/C12H15ClO2S/c1-3-15-12(14)9(2)16-8-10-4-6-11(13)7-5-10/h4-7,9H,3,8H2,1-2H3. The Morgan fingerprint density at radius 1 is 1.44 bits per heavy atom. The van der Waals surface area contributed by atoms with Crippen molar-refractivity contribution in [2.24, 2.45) is 0 Å². The first kappa shape index (κ1) is 13.4. The molecule has 0 aliphatic carbocycles. The van der Waals surface area contributed by atoms with Crippen LogP contribution in [0.5, 0.6) is 0 Å². The number of thioether (sulfide) groups is 1. The maximum absolute atomic E-state index is 11.4. The van der Waals surface area contributed by atoms with E-state index in [9.17, 15) is 4.79 Å². The van der Waals surface area contributed by atoms with Crippen LogP contribution in [0.2, 0.25) is 5.02 Å². The lowest BCUT2D eigenvalue weighted by molar-refractivity contribution is -0.142. The third-order valence-electron chi connectivity index (χ3n) is 2.03. The summed E-state index contributed by atoms with van der Waals surface area (Å²) < 4.78 is 4.93. The fraction of sp³-hybridized carbons (Fsp3) is 0.417. The van der Waals surface area contributed by atoms with E-state index < -0.39 is 0 Å². The quantitative estimate of drug-likeness (QED) is 0.756. The lowest BCUT2D eigenvalue weighted by atomic mass is 10.2. The Hall–Kier alpha value is -0.670. The zero-order chi connectivity index (χ0) is 12.0. The largest absolute Gasteiger partial charge is 0.465 e. The predicted molar refractivity (Wildman–Crippen MR) is 68.8 cm³/mol. The zero-order valence-corrected chi connectivity index (χ0v) is 11.0. The molecule has 1 unspecified atom stereocenters. The fourth-order valence-corrected chi connectivity index (χ4v) is 2.09. The summed E-state index contributed by atoms with van der Waals surface area (Å²) in [6, 6.07) is 7.64.